The van der Waals surface area contributed by atoms with Crippen molar-refractivity contribution in [3.8, 4) is 0 Å². The lowest BCUT2D eigenvalue weighted by molar-refractivity contribution is -0.138. The number of benzene rings is 3. The zero-order chi connectivity index (χ0) is 17.4. The van der Waals surface area contributed by atoms with Crippen LogP contribution in [-0.4, -0.2) is 17.1 Å². The van der Waals surface area contributed by atoms with Crippen LogP contribution in [0.25, 0.3) is 10.8 Å². The third-order valence-corrected chi connectivity index (χ3v) is 5.16. The second-order valence-corrected chi connectivity index (χ2v) is 6.64. The normalized spacial score (nSPS) is 16.2. The zero-order valence-electron chi connectivity index (χ0n) is 14.3. The van der Waals surface area contributed by atoms with Crippen LogP contribution in [0.1, 0.15) is 23.6 Å². The maximum Gasteiger partial charge on any atom is 0.326 e. The lowest BCUT2D eigenvalue weighted by atomic mass is 10.0. The van der Waals surface area contributed by atoms with E-state index in [0.717, 1.165) is 23.2 Å². The first kappa shape index (κ1) is 15.7. The maximum absolute atomic E-state index is 11.8. The second-order valence-electron chi connectivity index (χ2n) is 6.64. The van der Waals surface area contributed by atoms with Crippen LogP contribution in [0.2, 0.25) is 0 Å². The van der Waals surface area contributed by atoms with Crippen molar-refractivity contribution in [2.45, 2.75) is 32.4 Å². The van der Waals surface area contributed by atoms with E-state index in [9.17, 15) is 9.90 Å². The van der Waals surface area contributed by atoms with Crippen molar-refractivity contribution < 1.29 is 9.90 Å². The Balaban J connectivity index is 1.76. The Hall–Kier alpha value is -2.81. The first-order valence-corrected chi connectivity index (χ1v) is 8.75. The molecule has 0 spiro atoms. The van der Waals surface area contributed by atoms with Gasteiger partial charge in [-0.1, -0.05) is 61.5 Å². The summed E-state index contributed by atoms with van der Waals surface area (Å²) in [6, 6.07) is 20.4. The average Bonchev–Trinajstić information content (AvgIpc) is 3.00. The molecule has 1 unspecified atom stereocenters. The van der Waals surface area contributed by atoms with Gasteiger partial charge in [0.25, 0.3) is 0 Å². The summed E-state index contributed by atoms with van der Waals surface area (Å²) in [6.07, 6.45) is 1.54. The number of hydrogen-bond donors (Lipinski definition) is 1. The fourth-order valence-electron chi connectivity index (χ4n) is 3.82. The smallest absolute Gasteiger partial charge is 0.326 e. The number of anilines is 1. The number of rotatable bonds is 4. The summed E-state index contributed by atoms with van der Waals surface area (Å²) in [5.41, 5.74) is 4.62. The highest BCUT2D eigenvalue weighted by atomic mass is 16.4. The third kappa shape index (κ3) is 2.76. The van der Waals surface area contributed by atoms with Crippen LogP contribution in [0.15, 0.2) is 60.7 Å². The van der Waals surface area contributed by atoms with Crippen molar-refractivity contribution in [3.63, 3.8) is 0 Å². The number of carbonyl (C=O) groups is 1. The van der Waals surface area contributed by atoms with Crippen LogP contribution >= 0.6 is 0 Å². The molecule has 1 N–H and O–H groups in total. The molecule has 0 amide bonds. The van der Waals surface area contributed by atoms with E-state index in [1.54, 1.807) is 0 Å². The highest BCUT2D eigenvalue weighted by Gasteiger charge is 2.34. The van der Waals surface area contributed by atoms with Gasteiger partial charge in [0.2, 0.25) is 0 Å². The minimum absolute atomic E-state index is 0.499. The summed E-state index contributed by atoms with van der Waals surface area (Å²) in [6.45, 7) is 2.73. The first-order valence-electron chi connectivity index (χ1n) is 8.75. The average molecular weight is 331 g/mol. The van der Waals surface area contributed by atoms with Gasteiger partial charge in [0, 0.05) is 18.7 Å². The Morgan fingerprint density at radius 3 is 2.72 bits per heavy atom. The minimum atomic E-state index is -0.755. The molecule has 0 bridgehead atoms. The van der Waals surface area contributed by atoms with Crippen LogP contribution in [0, 0.1) is 0 Å². The number of nitrogens with zero attached hydrogens (tertiary/aromatic N) is 1. The molecule has 1 aliphatic heterocycles. The number of aliphatic carboxylic acids is 1. The quantitative estimate of drug-likeness (QED) is 0.769. The fourth-order valence-corrected chi connectivity index (χ4v) is 3.82. The summed E-state index contributed by atoms with van der Waals surface area (Å²) < 4.78 is 0. The molecular weight excluding hydrogens is 310 g/mol. The molecule has 1 heterocycles. The Morgan fingerprint density at radius 2 is 1.92 bits per heavy atom. The molecule has 4 rings (SSSR count). The van der Waals surface area contributed by atoms with Gasteiger partial charge in [0.15, 0.2) is 0 Å². The molecule has 0 radical (unpaired) electrons. The molecule has 3 heteroatoms. The van der Waals surface area contributed by atoms with Crippen LogP contribution in [0.3, 0.4) is 0 Å². The van der Waals surface area contributed by atoms with Gasteiger partial charge in [-0.3, -0.25) is 0 Å². The highest BCUT2D eigenvalue weighted by molar-refractivity contribution is 5.87. The van der Waals surface area contributed by atoms with Crippen LogP contribution < -0.4 is 4.90 Å². The number of carboxylic acids is 1. The van der Waals surface area contributed by atoms with Gasteiger partial charge >= 0.3 is 5.97 Å². The van der Waals surface area contributed by atoms with Crippen molar-refractivity contribution in [2.24, 2.45) is 0 Å². The van der Waals surface area contributed by atoms with Gasteiger partial charge in [-0.05, 0) is 39.9 Å². The van der Waals surface area contributed by atoms with Gasteiger partial charge in [0.05, 0.1) is 0 Å². The molecule has 126 valence electrons. The largest absolute Gasteiger partial charge is 0.480 e. The highest BCUT2D eigenvalue weighted by Crippen LogP contribution is 2.35. The maximum atomic E-state index is 11.8. The Labute approximate surface area is 147 Å². The standard InChI is InChI=1S/C22H21NO2/c1-2-15-10-11-20-18(12-15)13-21(22(24)25)23(20)14-17-8-5-7-16-6-3-4-9-19(16)17/h3-12,21H,2,13-14H2,1H3,(H,24,25). The summed E-state index contributed by atoms with van der Waals surface area (Å²) >= 11 is 0. The predicted octanol–water partition coefficient (Wildman–Crippen LogP) is 4.42. The number of fused-ring (bicyclic) bond motifs is 2. The third-order valence-electron chi connectivity index (χ3n) is 5.16. The molecule has 1 aliphatic rings. The van der Waals surface area contributed by atoms with E-state index < -0.39 is 12.0 Å². The van der Waals surface area contributed by atoms with Crippen molar-refractivity contribution in [3.05, 3.63) is 77.4 Å². The molecule has 0 saturated heterocycles. The first-order chi connectivity index (χ1) is 12.2. The number of hydrogen-bond acceptors (Lipinski definition) is 2. The van der Waals surface area contributed by atoms with E-state index in [2.05, 4.69) is 49.4 Å². The van der Waals surface area contributed by atoms with E-state index in [1.807, 2.05) is 23.1 Å². The molecule has 0 aromatic heterocycles. The molecule has 0 saturated carbocycles. The zero-order valence-corrected chi connectivity index (χ0v) is 14.3. The number of carboxylic acid groups (broad SMARTS) is 1. The van der Waals surface area contributed by atoms with Crippen molar-refractivity contribution in [1.29, 1.82) is 0 Å². The van der Waals surface area contributed by atoms with Crippen LogP contribution in [-0.2, 0) is 24.2 Å². The van der Waals surface area contributed by atoms with Gasteiger partial charge in [-0.25, -0.2) is 4.79 Å². The van der Waals surface area contributed by atoms with Gasteiger partial charge < -0.3 is 10.0 Å². The molecule has 0 fully saturated rings. The lowest BCUT2D eigenvalue weighted by Gasteiger charge is -2.25. The second kappa shape index (κ2) is 6.25. The molecule has 3 nitrogen and oxygen atoms in total. The van der Waals surface area contributed by atoms with Crippen molar-refractivity contribution in [2.75, 3.05) is 4.90 Å². The van der Waals surface area contributed by atoms with Crippen molar-refractivity contribution in [1.82, 2.24) is 0 Å². The minimum Gasteiger partial charge on any atom is -0.480 e. The van der Waals surface area contributed by atoms with Crippen LogP contribution in [0.4, 0.5) is 5.69 Å². The van der Waals surface area contributed by atoms with E-state index >= 15 is 0 Å². The lowest BCUT2D eigenvalue weighted by Crippen LogP contribution is -2.38. The Bertz CT molecular complexity index is 942. The Kier molecular flexibility index (Phi) is 3.92. The summed E-state index contributed by atoms with van der Waals surface area (Å²) in [5, 5.41) is 12.1. The summed E-state index contributed by atoms with van der Waals surface area (Å²) in [4.78, 5) is 13.9. The monoisotopic (exact) mass is 331 g/mol. The van der Waals surface area contributed by atoms with Crippen LogP contribution in [0.5, 0.6) is 0 Å². The fraction of sp³-hybridized carbons (Fsp3) is 0.227. The molecular formula is C22H21NO2. The van der Waals surface area contributed by atoms with E-state index in [0.29, 0.717) is 13.0 Å². The SMILES string of the molecule is CCc1ccc2c(c1)CC(C(=O)O)N2Cc1cccc2ccccc12. The molecule has 0 aliphatic carbocycles. The van der Waals surface area contributed by atoms with Gasteiger partial charge in [0.1, 0.15) is 6.04 Å². The van der Waals surface area contributed by atoms with E-state index in [-0.39, 0.29) is 0 Å². The predicted molar refractivity (Wildman–Crippen MR) is 101 cm³/mol. The topological polar surface area (TPSA) is 40.5 Å². The van der Waals surface area contributed by atoms with Crippen molar-refractivity contribution >= 4 is 22.4 Å². The molecule has 1 atom stereocenters. The molecule has 25 heavy (non-hydrogen) atoms. The molecule has 3 aromatic rings. The number of aryl methyl sites for hydroxylation is 1. The van der Waals surface area contributed by atoms with E-state index in [4.69, 9.17) is 0 Å². The molecule has 3 aromatic carbocycles. The van der Waals surface area contributed by atoms with E-state index in [1.165, 1.54) is 16.3 Å². The Morgan fingerprint density at radius 1 is 1.12 bits per heavy atom. The summed E-state index contributed by atoms with van der Waals surface area (Å²) in [5.74, 6) is -0.755. The van der Waals surface area contributed by atoms with Gasteiger partial charge in [-0.2, -0.15) is 0 Å². The van der Waals surface area contributed by atoms with Gasteiger partial charge in [-0.15, -0.1) is 0 Å². The summed E-state index contributed by atoms with van der Waals surface area (Å²) in [7, 11) is 0.